The van der Waals surface area contributed by atoms with Crippen LogP contribution in [0.4, 0.5) is 10.5 Å². The van der Waals surface area contributed by atoms with Crippen LogP contribution >= 0.6 is 23.2 Å². The van der Waals surface area contributed by atoms with Crippen LogP contribution in [0.5, 0.6) is 11.5 Å². The second-order valence-corrected chi connectivity index (χ2v) is 11.6. The first kappa shape index (κ1) is 30.4. The molecule has 0 saturated carbocycles. The number of nitrogens with one attached hydrogen (secondary N) is 2. The highest BCUT2D eigenvalue weighted by atomic mass is 35.5. The van der Waals surface area contributed by atoms with Crippen molar-refractivity contribution in [1.29, 1.82) is 5.26 Å². The Morgan fingerprint density at radius 2 is 1.76 bits per heavy atom. The fourth-order valence-electron chi connectivity index (χ4n) is 4.04. The van der Waals surface area contributed by atoms with Gasteiger partial charge in [0, 0.05) is 11.6 Å². The fourth-order valence-corrected chi connectivity index (χ4v) is 6.00. The number of nitriles is 1. The number of nitrogens with zero attached hydrogens (tertiary/aromatic N) is 3. The van der Waals surface area contributed by atoms with Gasteiger partial charge in [0.25, 0.3) is 15.9 Å². The number of aromatic nitrogens is 1. The number of carbonyl (C=O) groups excluding carboxylic acids is 1. The van der Waals surface area contributed by atoms with Crippen LogP contribution in [-0.4, -0.2) is 35.2 Å². The summed E-state index contributed by atoms with van der Waals surface area (Å²) in [7, 11) is -3.85. The van der Waals surface area contributed by atoms with Crippen molar-refractivity contribution in [2.24, 2.45) is 5.10 Å². The van der Waals surface area contributed by atoms with Crippen molar-refractivity contribution in [3.05, 3.63) is 82.0 Å². The molecule has 0 radical (unpaired) electrons. The van der Waals surface area contributed by atoms with Gasteiger partial charge >= 0.3 is 6.09 Å². The first-order chi connectivity index (χ1) is 19.9. The van der Waals surface area contributed by atoms with Gasteiger partial charge in [0.2, 0.25) is 5.71 Å². The number of rotatable bonds is 9. The molecular weight excluding hydrogens is 605 g/mol. The summed E-state index contributed by atoms with van der Waals surface area (Å²) in [4.78, 5) is 22.5. The van der Waals surface area contributed by atoms with Crippen LogP contribution in [0.15, 0.2) is 70.8 Å². The van der Waals surface area contributed by atoms with Crippen molar-refractivity contribution in [2.75, 3.05) is 5.43 Å². The number of carboxylic acid groups (broad SMARTS) is 1. The van der Waals surface area contributed by atoms with Gasteiger partial charge in [-0.05, 0) is 61.4 Å². The van der Waals surface area contributed by atoms with Crippen LogP contribution in [0.1, 0.15) is 24.5 Å². The van der Waals surface area contributed by atoms with E-state index in [-0.39, 0.29) is 26.4 Å². The van der Waals surface area contributed by atoms with Crippen LogP contribution in [0.2, 0.25) is 10.0 Å². The second-order valence-electron chi connectivity index (χ2n) is 9.01. The molecule has 4 aromatic rings. The molecule has 1 aromatic heterocycles. The van der Waals surface area contributed by atoms with Gasteiger partial charge in [-0.1, -0.05) is 54.2 Å². The van der Waals surface area contributed by atoms with E-state index in [0.717, 1.165) is 17.5 Å². The van der Waals surface area contributed by atoms with Crippen LogP contribution in [0.25, 0.3) is 10.9 Å². The Morgan fingerprint density at radius 1 is 1.10 bits per heavy atom. The summed E-state index contributed by atoms with van der Waals surface area (Å²) < 4.78 is 34.2. The van der Waals surface area contributed by atoms with Crippen molar-refractivity contribution < 1.29 is 27.9 Å². The predicted octanol–water partition coefficient (Wildman–Crippen LogP) is 6.32. The van der Waals surface area contributed by atoms with Crippen molar-refractivity contribution in [1.82, 2.24) is 9.29 Å². The van der Waals surface area contributed by atoms with E-state index in [0.29, 0.717) is 23.1 Å². The molecule has 0 aliphatic heterocycles. The van der Waals surface area contributed by atoms with Gasteiger partial charge in [0.1, 0.15) is 11.8 Å². The Morgan fingerprint density at radius 3 is 2.36 bits per heavy atom. The number of benzene rings is 3. The van der Waals surface area contributed by atoms with Crippen LogP contribution in [0, 0.1) is 18.3 Å². The van der Waals surface area contributed by atoms with E-state index in [9.17, 15) is 18.0 Å². The maximum Gasteiger partial charge on any atom is 0.411 e. The Bertz CT molecular complexity index is 1860. The first-order valence-corrected chi connectivity index (χ1v) is 14.6. The van der Waals surface area contributed by atoms with E-state index >= 15 is 0 Å². The molecule has 0 fully saturated rings. The van der Waals surface area contributed by atoms with E-state index < -0.39 is 27.7 Å². The molecule has 42 heavy (non-hydrogen) atoms. The Labute approximate surface area is 251 Å². The summed E-state index contributed by atoms with van der Waals surface area (Å²) in [6.07, 6.45) is 1.41. The molecule has 11 nitrogen and oxygen atoms in total. The number of amides is 2. The van der Waals surface area contributed by atoms with E-state index in [2.05, 4.69) is 10.5 Å². The van der Waals surface area contributed by atoms with Gasteiger partial charge in [-0.3, -0.25) is 15.5 Å². The lowest BCUT2D eigenvalue weighted by Gasteiger charge is -2.12. The molecule has 3 aromatic carbocycles. The van der Waals surface area contributed by atoms with Gasteiger partial charge in [-0.2, -0.15) is 10.4 Å². The third-order valence-electron chi connectivity index (χ3n) is 5.98. The van der Waals surface area contributed by atoms with Crippen molar-refractivity contribution >= 4 is 67.5 Å². The smallest absolute Gasteiger partial charge is 0.411 e. The molecule has 216 valence electrons. The highest BCUT2D eigenvalue weighted by molar-refractivity contribution is 7.90. The number of fused-ring (bicyclic) bond motifs is 1. The first-order valence-electron chi connectivity index (χ1n) is 12.4. The molecular formula is C28H23Cl2N5O6S. The van der Waals surface area contributed by atoms with Gasteiger partial charge in [-0.25, -0.2) is 17.2 Å². The molecule has 0 atom stereocenters. The number of imide groups is 1. The average Bonchev–Trinajstić information content (AvgIpc) is 3.29. The molecule has 0 aliphatic rings. The molecule has 0 aliphatic carbocycles. The number of hydrogen-bond donors (Lipinski definition) is 3. The zero-order chi connectivity index (χ0) is 30.6. The standard InChI is InChI=1S/C28H23Cl2N5O6S/c1-3-4-17-15-35(42(39,40)20-8-5-16(2)6-9-20)25-10-7-19(13-21(17)25)41-26-22(29)11-18(12-23(26)30)33-34-24(14-31)27(36)32-28(37)38/h5-13,15,33H,3-4H2,1-2H3,(H,32,36)(H,37,38)/b34-24-. The van der Waals surface area contributed by atoms with Crippen LogP contribution in [-0.2, 0) is 21.2 Å². The largest absolute Gasteiger partial charge is 0.465 e. The number of hydrazone groups is 1. The quantitative estimate of drug-likeness (QED) is 0.143. The highest BCUT2D eigenvalue weighted by Crippen LogP contribution is 2.40. The van der Waals surface area contributed by atoms with Crippen LogP contribution < -0.4 is 15.5 Å². The third-order valence-corrected chi connectivity index (χ3v) is 8.23. The van der Waals surface area contributed by atoms with Gasteiger partial charge in [0.05, 0.1) is 26.1 Å². The normalized spacial score (nSPS) is 11.6. The minimum absolute atomic E-state index is 0.0575. The summed E-state index contributed by atoms with van der Waals surface area (Å²) >= 11 is 12.8. The minimum atomic E-state index is -3.85. The van der Waals surface area contributed by atoms with Crippen molar-refractivity contribution in [3.8, 4) is 17.6 Å². The van der Waals surface area contributed by atoms with Crippen LogP contribution in [0.3, 0.4) is 0 Å². The van der Waals surface area contributed by atoms with E-state index in [1.165, 1.54) is 27.5 Å². The van der Waals surface area contributed by atoms with E-state index in [4.69, 9.17) is 38.3 Å². The molecule has 0 bridgehead atoms. The molecule has 14 heteroatoms. The number of anilines is 1. The second kappa shape index (κ2) is 12.5. The maximum absolute atomic E-state index is 13.5. The topological polar surface area (TPSA) is 163 Å². The van der Waals surface area contributed by atoms with Gasteiger partial charge < -0.3 is 9.84 Å². The Kier molecular flexibility index (Phi) is 9.06. The molecule has 0 unspecified atom stereocenters. The molecule has 4 rings (SSSR count). The number of aryl methyl sites for hydroxylation is 2. The fraction of sp³-hybridized carbons (Fsp3) is 0.143. The van der Waals surface area contributed by atoms with E-state index in [1.807, 2.05) is 13.8 Å². The van der Waals surface area contributed by atoms with E-state index in [1.54, 1.807) is 48.7 Å². The highest BCUT2D eigenvalue weighted by Gasteiger charge is 2.22. The van der Waals surface area contributed by atoms with Crippen molar-refractivity contribution in [2.45, 2.75) is 31.6 Å². The van der Waals surface area contributed by atoms with Gasteiger partial charge in [-0.15, -0.1) is 0 Å². The lowest BCUT2D eigenvalue weighted by Crippen LogP contribution is -2.34. The molecule has 3 N–H and O–H groups in total. The third kappa shape index (κ3) is 6.49. The molecule has 0 spiro atoms. The zero-order valence-corrected chi connectivity index (χ0v) is 24.5. The number of carbonyl (C=O) groups is 2. The number of halogens is 2. The maximum atomic E-state index is 13.5. The predicted molar refractivity (Wildman–Crippen MR) is 159 cm³/mol. The lowest BCUT2D eigenvalue weighted by atomic mass is 10.1. The van der Waals surface area contributed by atoms with Gasteiger partial charge in [0.15, 0.2) is 5.75 Å². The summed E-state index contributed by atoms with van der Waals surface area (Å²) in [5, 5.41) is 23.6. The Hall–Kier alpha value is -4.57. The zero-order valence-electron chi connectivity index (χ0n) is 22.2. The molecule has 0 saturated heterocycles. The lowest BCUT2D eigenvalue weighted by molar-refractivity contribution is -0.114. The minimum Gasteiger partial charge on any atom is -0.465 e. The van der Waals surface area contributed by atoms with Crippen molar-refractivity contribution in [3.63, 3.8) is 0 Å². The summed E-state index contributed by atoms with van der Waals surface area (Å²) in [6, 6.07) is 15.8. The number of hydrogen-bond acceptors (Lipinski definition) is 8. The summed E-state index contributed by atoms with van der Waals surface area (Å²) in [5.41, 5.74) is 4.14. The molecule has 2 amide bonds. The Balaban J connectivity index is 1.65. The molecule has 1 heterocycles. The summed E-state index contributed by atoms with van der Waals surface area (Å²) in [6.45, 7) is 3.88. The SMILES string of the molecule is CCCc1cn(S(=O)(=O)c2ccc(C)cc2)c2ccc(Oc3c(Cl)cc(N/N=C(/C#N)C(=O)NC(=O)O)cc3Cl)cc12. The monoisotopic (exact) mass is 627 g/mol. The average molecular weight is 628 g/mol. The summed E-state index contributed by atoms with van der Waals surface area (Å²) in [5.74, 6) is -0.766. The number of ether oxygens (including phenoxy) is 1.